The van der Waals surface area contributed by atoms with Crippen molar-refractivity contribution in [1.82, 2.24) is 33.5 Å². The fourth-order valence-electron chi connectivity index (χ4n) is 9.08. The van der Waals surface area contributed by atoms with Gasteiger partial charge in [-0.1, -0.05) is 121 Å². The zero-order valence-electron chi connectivity index (χ0n) is 32.8. The first-order valence-electron chi connectivity index (χ1n) is 20.4. The Balaban J connectivity index is 1.03. The summed E-state index contributed by atoms with van der Waals surface area (Å²) in [6.07, 6.45) is 0. The average molecular weight is 798 g/mol. The number of aromatic nitrogens is 7. The Kier molecular flexibility index (Phi) is 7.26. The van der Waals surface area contributed by atoms with Crippen molar-refractivity contribution in [2.45, 2.75) is 0 Å². The van der Waals surface area contributed by atoms with E-state index in [1.54, 1.807) is 16.5 Å². The molecule has 0 aliphatic carbocycles. The molecule has 0 bridgehead atoms. The molecule has 9 nitrogen and oxygen atoms in total. The Morgan fingerprint density at radius 3 is 1.63 bits per heavy atom. The van der Waals surface area contributed by atoms with Gasteiger partial charge in [0.05, 0.1) is 38.5 Å². The highest BCUT2D eigenvalue weighted by molar-refractivity contribution is 6.15. The maximum absolute atomic E-state index is 13.9. The van der Waals surface area contributed by atoms with Crippen molar-refractivity contribution in [1.29, 1.82) is 0 Å². The molecule has 0 saturated heterocycles. The maximum Gasteiger partial charge on any atom is 0.310 e. The first kappa shape index (κ1) is 34.2. The first-order valence-corrected chi connectivity index (χ1v) is 20.4. The van der Waals surface area contributed by atoms with Gasteiger partial charge in [-0.15, -0.1) is 0 Å². The number of para-hydroxylation sites is 3. The summed E-state index contributed by atoms with van der Waals surface area (Å²) in [4.78, 5) is 33.9. The van der Waals surface area contributed by atoms with E-state index in [4.69, 9.17) is 24.4 Å². The summed E-state index contributed by atoms with van der Waals surface area (Å²) >= 11 is 0. The summed E-state index contributed by atoms with van der Waals surface area (Å²) < 4.78 is 12.2. The number of benzene rings is 8. The highest BCUT2D eigenvalue weighted by Crippen LogP contribution is 2.39. The van der Waals surface area contributed by atoms with Crippen LogP contribution in [0.5, 0.6) is 0 Å². The predicted octanol–water partition coefficient (Wildman–Crippen LogP) is 12.0. The van der Waals surface area contributed by atoms with Crippen LogP contribution in [-0.4, -0.2) is 33.5 Å². The fourth-order valence-corrected chi connectivity index (χ4v) is 9.08. The van der Waals surface area contributed by atoms with Crippen molar-refractivity contribution in [3.05, 3.63) is 198 Å². The van der Waals surface area contributed by atoms with Gasteiger partial charge in [-0.05, 0) is 77.9 Å². The molecular formula is C53H31N7O2. The summed E-state index contributed by atoms with van der Waals surface area (Å²) in [7, 11) is 0. The molecule has 0 aliphatic rings. The van der Waals surface area contributed by atoms with E-state index in [0.717, 1.165) is 71.6 Å². The van der Waals surface area contributed by atoms with Crippen LogP contribution in [0.4, 0.5) is 0 Å². The van der Waals surface area contributed by atoms with Crippen molar-refractivity contribution < 1.29 is 4.42 Å². The molecule has 62 heavy (non-hydrogen) atoms. The van der Waals surface area contributed by atoms with Crippen LogP contribution >= 0.6 is 0 Å². The monoisotopic (exact) mass is 797 g/mol. The molecular weight excluding hydrogens is 767 g/mol. The highest BCUT2D eigenvalue weighted by atomic mass is 16.4. The second kappa shape index (κ2) is 13.2. The summed E-state index contributed by atoms with van der Waals surface area (Å²) in [5.74, 6) is 2.03. The molecule has 0 saturated carbocycles. The van der Waals surface area contributed by atoms with Gasteiger partial charge in [0.1, 0.15) is 5.58 Å². The van der Waals surface area contributed by atoms with Gasteiger partial charge in [0.25, 0.3) is 5.56 Å². The lowest BCUT2D eigenvalue weighted by molar-refractivity contribution is 0.616. The molecule has 0 fully saturated rings. The van der Waals surface area contributed by atoms with E-state index in [9.17, 15) is 4.79 Å². The number of imidazole rings is 1. The molecule has 13 aromatic rings. The van der Waals surface area contributed by atoms with Crippen LogP contribution in [-0.2, 0) is 0 Å². The third-order valence-electron chi connectivity index (χ3n) is 11.9. The molecule has 5 aromatic heterocycles. The van der Waals surface area contributed by atoms with E-state index < -0.39 is 0 Å². The Morgan fingerprint density at radius 2 is 0.935 bits per heavy atom. The summed E-state index contributed by atoms with van der Waals surface area (Å²) in [5, 5.41) is 4.74. The molecule has 0 unspecified atom stereocenters. The second-order valence-corrected chi connectivity index (χ2v) is 15.5. The van der Waals surface area contributed by atoms with Crippen molar-refractivity contribution in [2.24, 2.45) is 0 Å². The minimum absolute atomic E-state index is 0.159. The van der Waals surface area contributed by atoms with Gasteiger partial charge in [0.15, 0.2) is 11.6 Å². The van der Waals surface area contributed by atoms with Crippen molar-refractivity contribution >= 4 is 71.5 Å². The van der Waals surface area contributed by atoms with Gasteiger partial charge < -0.3 is 8.98 Å². The van der Waals surface area contributed by atoms with Crippen LogP contribution in [0.1, 0.15) is 0 Å². The lowest BCUT2D eigenvalue weighted by Crippen LogP contribution is -2.12. The van der Waals surface area contributed by atoms with Crippen LogP contribution in [0.15, 0.2) is 197 Å². The molecule has 290 valence electrons. The van der Waals surface area contributed by atoms with Gasteiger partial charge in [-0.2, -0.15) is 15.0 Å². The Hall–Kier alpha value is -8.69. The van der Waals surface area contributed by atoms with Crippen LogP contribution in [0.3, 0.4) is 0 Å². The van der Waals surface area contributed by atoms with Gasteiger partial charge in [0, 0.05) is 38.4 Å². The van der Waals surface area contributed by atoms with E-state index in [1.807, 2.05) is 91.0 Å². The van der Waals surface area contributed by atoms with E-state index in [2.05, 4.69) is 94.1 Å². The minimum Gasteiger partial charge on any atom is -0.424 e. The largest absolute Gasteiger partial charge is 0.424 e. The lowest BCUT2D eigenvalue weighted by Gasteiger charge is -2.11. The first-order chi connectivity index (χ1) is 30.6. The second-order valence-electron chi connectivity index (χ2n) is 15.5. The van der Waals surface area contributed by atoms with Crippen LogP contribution in [0.25, 0.3) is 117 Å². The molecule has 9 heteroatoms. The minimum atomic E-state index is -0.159. The van der Waals surface area contributed by atoms with E-state index in [-0.39, 0.29) is 11.4 Å². The number of hydrogen-bond donors (Lipinski definition) is 0. The molecule has 0 radical (unpaired) electrons. The zero-order valence-corrected chi connectivity index (χ0v) is 32.8. The van der Waals surface area contributed by atoms with Crippen molar-refractivity contribution in [3.63, 3.8) is 0 Å². The van der Waals surface area contributed by atoms with Crippen LogP contribution in [0, 0.1) is 0 Å². The zero-order chi connectivity index (χ0) is 40.9. The number of rotatable bonds is 5. The molecule has 0 atom stereocenters. The van der Waals surface area contributed by atoms with Gasteiger partial charge >= 0.3 is 5.84 Å². The van der Waals surface area contributed by atoms with Crippen LogP contribution < -0.4 is 5.56 Å². The Morgan fingerprint density at radius 1 is 0.387 bits per heavy atom. The quantitative estimate of drug-likeness (QED) is 0.172. The Labute approximate surface area is 352 Å². The smallest absolute Gasteiger partial charge is 0.310 e. The average Bonchev–Trinajstić information content (AvgIpc) is 3.98. The summed E-state index contributed by atoms with van der Waals surface area (Å²) in [5.41, 5.74) is 10.7. The topological polar surface area (TPSA) is 96.0 Å². The number of hydrogen-bond acceptors (Lipinski definition) is 6. The maximum atomic E-state index is 13.9. The molecule has 13 rings (SSSR count). The normalized spacial score (nSPS) is 11.9. The van der Waals surface area contributed by atoms with E-state index in [1.165, 1.54) is 0 Å². The third kappa shape index (κ3) is 5.12. The van der Waals surface area contributed by atoms with Crippen molar-refractivity contribution in [2.75, 3.05) is 0 Å². The number of nitrogens with zero attached hydrogens (tertiary/aromatic N) is 7. The highest BCUT2D eigenvalue weighted by Gasteiger charge is 2.21. The molecule has 8 aromatic carbocycles. The standard InChI is InChI=1S/C53H31N7O2/c61-51-38-21-11-13-23-48(38)62-53-54-42-31-46-41(30-47(42)60(51)53)40-29-35(24-26-44(40)58(46)36-18-8-3-9-19-36)34-25-27-45-39(28-34)37-20-10-12-22-43(37)59(45)52-56-49(32-14-4-1-5-15-32)55-50(57-52)33-16-6-2-7-17-33/h1-31H. The molecule has 0 spiro atoms. The predicted molar refractivity (Wildman–Crippen MR) is 247 cm³/mol. The summed E-state index contributed by atoms with van der Waals surface area (Å²) in [6.45, 7) is 0. The summed E-state index contributed by atoms with van der Waals surface area (Å²) in [6, 6.07) is 63.6. The number of fused-ring (bicyclic) bond motifs is 10. The van der Waals surface area contributed by atoms with Crippen molar-refractivity contribution in [3.8, 4) is 45.5 Å². The molecule has 0 amide bonds. The third-order valence-corrected chi connectivity index (χ3v) is 11.9. The Bertz CT molecular complexity index is 3940. The molecule has 0 aliphatic heterocycles. The fraction of sp³-hybridized carbons (Fsp3) is 0. The SMILES string of the molecule is O=c1c2ccccc2oc2nc3cc4c(cc3n12)c1cc(-c2ccc3c(c2)c2ccccc2n3-c2nc(-c3ccccc3)nc(-c3ccccc3)n2)ccc1n4-c1ccccc1. The van der Waals surface area contributed by atoms with Gasteiger partial charge in [0.2, 0.25) is 5.95 Å². The van der Waals surface area contributed by atoms with Gasteiger partial charge in [-0.25, -0.2) is 9.38 Å². The molecule has 0 N–H and O–H groups in total. The van der Waals surface area contributed by atoms with Crippen LogP contribution in [0.2, 0.25) is 0 Å². The lowest BCUT2D eigenvalue weighted by atomic mass is 10.0. The molecule has 5 heterocycles. The van der Waals surface area contributed by atoms with Gasteiger partial charge in [-0.3, -0.25) is 9.36 Å². The van der Waals surface area contributed by atoms with E-state index >= 15 is 0 Å². The van der Waals surface area contributed by atoms with E-state index in [0.29, 0.717) is 39.6 Å².